The van der Waals surface area contributed by atoms with Gasteiger partial charge in [0.2, 0.25) is 0 Å². The van der Waals surface area contributed by atoms with Crippen LogP contribution >= 0.6 is 0 Å². The Morgan fingerprint density at radius 3 is 1.78 bits per heavy atom. The Hall–Kier alpha value is 0.790. The van der Waals surface area contributed by atoms with Crippen LogP contribution in [0.2, 0.25) is 0 Å². The van der Waals surface area contributed by atoms with Gasteiger partial charge in [-0.1, -0.05) is 71.1 Å². The molecular formula is C19H39NaO6S. The topological polar surface area (TPSA) is 84.9 Å². The molecule has 0 aliphatic heterocycles. The average molecular weight is 419 g/mol. The normalized spacial score (nSPS) is 12.7. The summed E-state index contributed by atoms with van der Waals surface area (Å²) in [6.45, 7) is 5.72. The van der Waals surface area contributed by atoms with Crippen LogP contribution in [0, 0.1) is 0 Å². The van der Waals surface area contributed by atoms with Crippen LogP contribution in [0.5, 0.6) is 0 Å². The summed E-state index contributed by atoms with van der Waals surface area (Å²) in [6.07, 6.45) is 14.5. The Bertz CT molecular complexity index is 392. The third kappa shape index (κ3) is 26.8. The second-order valence-electron chi connectivity index (χ2n) is 6.88. The number of hydrogen-bond acceptors (Lipinski definition) is 6. The molecule has 0 heterocycles. The van der Waals surface area contributed by atoms with Crippen LogP contribution in [-0.4, -0.2) is 51.4 Å². The van der Waals surface area contributed by atoms with Crippen LogP contribution in [0.25, 0.3) is 0 Å². The van der Waals surface area contributed by atoms with E-state index in [1.165, 1.54) is 64.2 Å². The molecule has 0 saturated carbocycles. The Balaban J connectivity index is 0. The van der Waals surface area contributed by atoms with Crippen molar-refractivity contribution < 1.29 is 56.7 Å². The molecule has 0 N–H and O–H groups in total. The zero-order valence-electron chi connectivity index (χ0n) is 17.7. The number of rotatable bonds is 20. The number of unbranched alkanes of at least 4 members (excludes halogenated alkanes) is 10. The van der Waals surface area contributed by atoms with E-state index in [1.54, 1.807) is 0 Å². The fourth-order valence-electron chi connectivity index (χ4n) is 2.63. The second-order valence-corrected chi connectivity index (χ2v) is 8.23. The summed E-state index contributed by atoms with van der Waals surface area (Å²) in [4.78, 5) is 0. The van der Waals surface area contributed by atoms with Crippen molar-refractivity contribution in [2.45, 2.75) is 90.6 Å². The minimum Gasteiger partial charge on any atom is -0.746 e. The first-order valence-electron chi connectivity index (χ1n) is 10.2. The first-order valence-corrected chi connectivity index (χ1v) is 11.7. The Morgan fingerprint density at radius 1 is 0.778 bits per heavy atom. The molecule has 0 aliphatic carbocycles. The van der Waals surface area contributed by atoms with E-state index in [1.807, 2.05) is 6.92 Å². The molecule has 0 bridgehead atoms. The van der Waals surface area contributed by atoms with E-state index in [9.17, 15) is 13.0 Å². The second kappa shape index (κ2) is 21.5. The molecule has 0 aromatic heterocycles. The maximum atomic E-state index is 10.3. The molecule has 0 aromatic rings. The number of hydrogen-bond donors (Lipinski definition) is 0. The van der Waals surface area contributed by atoms with E-state index in [4.69, 9.17) is 14.2 Å². The molecule has 6 nitrogen and oxygen atoms in total. The van der Waals surface area contributed by atoms with Crippen molar-refractivity contribution >= 4 is 10.1 Å². The molecule has 1 unspecified atom stereocenters. The van der Waals surface area contributed by atoms with E-state index >= 15 is 0 Å². The van der Waals surface area contributed by atoms with Gasteiger partial charge in [0.15, 0.2) is 0 Å². The Labute approximate surface area is 189 Å². The molecule has 0 aromatic carbocycles. The van der Waals surface area contributed by atoms with Gasteiger partial charge in [-0.15, -0.1) is 0 Å². The van der Waals surface area contributed by atoms with E-state index in [0.717, 1.165) is 13.0 Å². The summed E-state index contributed by atoms with van der Waals surface area (Å²) in [7, 11) is -4.31. The summed E-state index contributed by atoms with van der Waals surface area (Å²) in [5.74, 6) is -0.804. The van der Waals surface area contributed by atoms with Crippen molar-refractivity contribution in [3.05, 3.63) is 0 Å². The maximum absolute atomic E-state index is 10.3. The molecule has 0 fully saturated rings. The Kier molecular flexibility index (Phi) is 23.9. The molecule has 0 amide bonds. The van der Waals surface area contributed by atoms with Gasteiger partial charge in [0.1, 0.15) is 16.1 Å². The quantitative estimate of drug-likeness (QED) is 0.168. The van der Waals surface area contributed by atoms with Gasteiger partial charge in [-0.25, -0.2) is 8.42 Å². The first-order chi connectivity index (χ1) is 12.5. The van der Waals surface area contributed by atoms with Crippen molar-refractivity contribution in [2.75, 3.05) is 32.4 Å². The fraction of sp³-hybridized carbons (Fsp3) is 1.00. The molecule has 0 spiro atoms. The average Bonchev–Trinajstić information content (AvgIpc) is 2.58. The molecule has 27 heavy (non-hydrogen) atoms. The van der Waals surface area contributed by atoms with Crippen LogP contribution in [0.3, 0.4) is 0 Å². The van der Waals surface area contributed by atoms with E-state index < -0.39 is 16.1 Å². The molecule has 0 radical (unpaired) electrons. The van der Waals surface area contributed by atoms with Crippen LogP contribution in [0.4, 0.5) is 0 Å². The standard InChI is InChI=1S/C19H40O6S.Na/c1-3-4-5-6-7-8-9-10-11-12-13-14-25-19(2)17-23-15-16-24-18-26(20,21)22;/h19H,3-18H2,1-2H3,(H,20,21,22);/q;+1/p-1. The molecule has 0 aliphatic rings. The van der Waals surface area contributed by atoms with Crippen molar-refractivity contribution in [1.82, 2.24) is 0 Å². The van der Waals surface area contributed by atoms with Crippen molar-refractivity contribution in [3.63, 3.8) is 0 Å². The monoisotopic (exact) mass is 418 g/mol. The van der Waals surface area contributed by atoms with Gasteiger partial charge in [0.25, 0.3) is 0 Å². The van der Waals surface area contributed by atoms with Crippen LogP contribution < -0.4 is 29.6 Å². The molecule has 0 saturated heterocycles. The first kappa shape index (κ1) is 30.0. The predicted octanol–water partition coefficient (Wildman–Crippen LogP) is 1.24. The summed E-state index contributed by atoms with van der Waals surface area (Å²) < 4.78 is 46.7. The smallest absolute Gasteiger partial charge is 0.746 e. The summed E-state index contributed by atoms with van der Waals surface area (Å²) in [5.41, 5.74) is 0. The van der Waals surface area contributed by atoms with Gasteiger partial charge in [0.05, 0.1) is 25.9 Å². The predicted molar refractivity (Wildman–Crippen MR) is 103 cm³/mol. The molecule has 0 rings (SSSR count). The van der Waals surface area contributed by atoms with Crippen molar-refractivity contribution in [3.8, 4) is 0 Å². The largest absolute Gasteiger partial charge is 1.00 e. The molecule has 158 valence electrons. The van der Waals surface area contributed by atoms with Crippen LogP contribution in [0.1, 0.15) is 84.5 Å². The van der Waals surface area contributed by atoms with Gasteiger partial charge in [-0.3, -0.25) is 0 Å². The summed E-state index contributed by atoms with van der Waals surface area (Å²) in [5, 5.41) is 0. The molecule has 8 heteroatoms. The van der Waals surface area contributed by atoms with Gasteiger partial charge >= 0.3 is 29.6 Å². The maximum Gasteiger partial charge on any atom is 1.00 e. The van der Waals surface area contributed by atoms with E-state index in [-0.39, 0.29) is 48.9 Å². The van der Waals surface area contributed by atoms with Crippen molar-refractivity contribution in [2.24, 2.45) is 0 Å². The van der Waals surface area contributed by atoms with Gasteiger partial charge < -0.3 is 18.8 Å². The zero-order valence-corrected chi connectivity index (χ0v) is 20.6. The SMILES string of the molecule is CCCCCCCCCCCCCOC(C)COCCOCS(=O)(=O)[O-].[Na+]. The van der Waals surface area contributed by atoms with Crippen molar-refractivity contribution in [1.29, 1.82) is 0 Å². The zero-order chi connectivity index (χ0) is 19.5. The van der Waals surface area contributed by atoms with E-state index in [2.05, 4.69) is 6.92 Å². The Morgan fingerprint density at radius 2 is 1.26 bits per heavy atom. The third-order valence-electron chi connectivity index (χ3n) is 4.10. The van der Waals surface area contributed by atoms with Gasteiger partial charge in [-0.2, -0.15) is 0 Å². The minimum absolute atomic E-state index is 0. The van der Waals surface area contributed by atoms with Crippen LogP contribution in [0.15, 0.2) is 0 Å². The van der Waals surface area contributed by atoms with Gasteiger partial charge in [-0.05, 0) is 13.3 Å². The van der Waals surface area contributed by atoms with E-state index in [0.29, 0.717) is 6.61 Å². The van der Waals surface area contributed by atoms with Crippen LogP contribution in [-0.2, 0) is 24.3 Å². The number of ether oxygens (including phenoxy) is 3. The summed E-state index contributed by atoms with van der Waals surface area (Å²) in [6, 6.07) is 0. The molecule has 1 atom stereocenters. The fourth-order valence-corrected chi connectivity index (χ4v) is 2.95. The van der Waals surface area contributed by atoms with Gasteiger partial charge in [0, 0.05) is 6.61 Å². The summed E-state index contributed by atoms with van der Waals surface area (Å²) >= 11 is 0. The third-order valence-corrected chi connectivity index (χ3v) is 4.56. The minimum atomic E-state index is -4.31. The molecular weight excluding hydrogens is 379 g/mol.